The summed E-state index contributed by atoms with van der Waals surface area (Å²) in [5.74, 6) is 0.220. The van der Waals surface area contributed by atoms with Gasteiger partial charge in [-0.2, -0.15) is 0 Å². The van der Waals surface area contributed by atoms with Crippen LogP contribution in [0.5, 0.6) is 0 Å². The Labute approximate surface area is 55.6 Å². The first-order valence-electron chi connectivity index (χ1n) is 3.37. The molecule has 0 bridgehead atoms. The number of carbonyl (C=O) groups excluding carboxylic acids is 1. The Hall–Kier alpha value is -0.370. The third kappa shape index (κ3) is 1.13. The van der Waals surface area contributed by atoms with E-state index in [1.54, 1.807) is 0 Å². The molecule has 1 heterocycles. The SMILES string of the molecule is CC1(C)NCCC1C=O. The summed E-state index contributed by atoms with van der Waals surface area (Å²) < 4.78 is 0. The first-order chi connectivity index (χ1) is 4.17. The third-order valence-corrected chi connectivity index (χ3v) is 2.13. The van der Waals surface area contributed by atoms with Crippen molar-refractivity contribution in [3.63, 3.8) is 0 Å². The van der Waals surface area contributed by atoms with Gasteiger partial charge in [0.2, 0.25) is 0 Å². The summed E-state index contributed by atoms with van der Waals surface area (Å²) in [7, 11) is 0. The van der Waals surface area contributed by atoms with Crippen molar-refractivity contribution < 1.29 is 4.79 Å². The fraction of sp³-hybridized carbons (Fsp3) is 0.857. The second-order valence-corrected chi connectivity index (χ2v) is 3.18. The van der Waals surface area contributed by atoms with Crippen LogP contribution >= 0.6 is 0 Å². The number of nitrogens with one attached hydrogen (secondary N) is 1. The maximum absolute atomic E-state index is 10.4. The molecule has 0 radical (unpaired) electrons. The van der Waals surface area contributed by atoms with E-state index in [0.29, 0.717) is 0 Å². The van der Waals surface area contributed by atoms with E-state index in [9.17, 15) is 4.79 Å². The van der Waals surface area contributed by atoms with E-state index in [1.165, 1.54) is 0 Å². The van der Waals surface area contributed by atoms with Gasteiger partial charge in [-0.05, 0) is 26.8 Å². The molecule has 1 aliphatic heterocycles. The van der Waals surface area contributed by atoms with Gasteiger partial charge >= 0.3 is 0 Å². The maximum Gasteiger partial charge on any atom is 0.124 e. The van der Waals surface area contributed by atoms with Gasteiger partial charge in [-0.15, -0.1) is 0 Å². The molecule has 1 fully saturated rings. The molecule has 0 aromatic carbocycles. The number of hydrogen-bond acceptors (Lipinski definition) is 2. The number of carbonyl (C=O) groups is 1. The quantitative estimate of drug-likeness (QED) is 0.522. The van der Waals surface area contributed by atoms with Gasteiger partial charge in [-0.25, -0.2) is 0 Å². The van der Waals surface area contributed by atoms with Crippen molar-refractivity contribution in [2.24, 2.45) is 5.92 Å². The lowest BCUT2D eigenvalue weighted by atomic mass is 9.91. The van der Waals surface area contributed by atoms with Crippen molar-refractivity contribution in [2.75, 3.05) is 6.54 Å². The zero-order chi connectivity index (χ0) is 6.91. The average Bonchev–Trinajstić information content (AvgIpc) is 2.08. The van der Waals surface area contributed by atoms with E-state index >= 15 is 0 Å². The molecule has 0 saturated carbocycles. The average molecular weight is 127 g/mol. The fourth-order valence-electron chi connectivity index (χ4n) is 1.28. The molecule has 0 amide bonds. The van der Waals surface area contributed by atoms with Crippen molar-refractivity contribution in [3.8, 4) is 0 Å². The molecular weight excluding hydrogens is 114 g/mol. The van der Waals surface area contributed by atoms with Gasteiger partial charge in [0.25, 0.3) is 0 Å². The Morgan fingerprint density at radius 3 is 2.56 bits per heavy atom. The van der Waals surface area contributed by atoms with Crippen molar-refractivity contribution in [1.29, 1.82) is 0 Å². The maximum atomic E-state index is 10.4. The molecule has 0 aromatic rings. The highest BCUT2D eigenvalue weighted by Crippen LogP contribution is 2.23. The van der Waals surface area contributed by atoms with Crippen molar-refractivity contribution >= 4 is 6.29 Å². The van der Waals surface area contributed by atoms with Crippen LogP contribution in [0.3, 0.4) is 0 Å². The highest BCUT2D eigenvalue weighted by molar-refractivity contribution is 5.56. The largest absolute Gasteiger partial charge is 0.311 e. The Kier molecular flexibility index (Phi) is 1.58. The summed E-state index contributed by atoms with van der Waals surface area (Å²) in [6, 6.07) is 0. The molecule has 2 nitrogen and oxygen atoms in total. The number of aldehydes is 1. The highest BCUT2D eigenvalue weighted by atomic mass is 16.1. The predicted molar refractivity (Wildman–Crippen MR) is 36.3 cm³/mol. The second kappa shape index (κ2) is 2.10. The molecule has 1 saturated heterocycles. The van der Waals surface area contributed by atoms with Crippen LogP contribution in [0.1, 0.15) is 20.3 Å². The van der Waals surface area contributed by atoms with Crippen LogP contribution in [0.4, 0.5) is 0 Å². The van der Waals surface area contributed by atoms with Gasteiger partial charge in [0, 0.05) is 11.5 Å². The van der Waals surface area contributed by atoms with Gasteiger partial charge in [-0.3, -0.25) is 0 Å². The monoisotopic (exact) mass is 127 g/mol. The minimum Gasteiger partial charge on any atom is -0.311 e. The summed E-state index contributed by atoms with van der Waals surface area (Å²) >= 11 is 0. The van der Waals surface area contributed by atoms with Crippen LogP contribution < -0.4 is 5.32 Å². The minimum absolute atomic E-state index is 0.0434. The van der Waals surface area contributed by atoms with Crippen LogP contribution in [0.2, 0.25) is 0 Å². The summed E-state index contributed by atoms with van der Waals surface area (Å²) in [6.45, 7) is 5.12. The topological polar surface area (TPSA) is 29.1 Å². The van der Waals surface area contributed by atoms with E-state index in [4.69, 9.17) is 0 Å². The lowest BCUT2D eigenvalue weighted by molar-refractivity contribution is -0.112. The van der Waals surface area contributed by atoms with Gasteiger partial charge in [0.05, 0.1) is 0 Å². The third-order valence-electron chi connectivity index (χ3n) is 2.13. The lowest BCUT2D eigenvalue weighted by Crippen LogP contribution is -2.38. The number of rotatable bonds is 1. The minimum atomic E-state index is 0.0434. The number of hydrogen-bond donors (Lipinski definition) is 1. The van der Waals surface area contributed by atoms with Crippen LogP contribution in [-0.2, 0) is 4.79 Å². The fourth-order valence-corrected chi connectivity index (χ4v) is 1.28. The van der Waals surface area contributed by atoms with E-state index < -0.39 is 0 Å². The zero-order valence-electron chi connectivity index (χ0n) is 5.98. The van der Waals surface area contributed by atoms with E-state index in [0.717, 1.165) is 19.3 Å². The van der Waals surface area contributed by atoms with Crippen LogP contribution in [0.15, 0.2) is 0 Å². The van der Waals surface area contributed by atoms with Gasteiger partial charge < -0.3 is 10.1 Å². The molecule has 1 rings (SSSR count). The Morgan fingerprint density at radius 1 is 1.67 bits per heavy atom. The molecule has 2 heteroatoms. The molecule has 0 spiro atoms. The van der Waals surface area contributed by atoms with Crippen LogP contribution in [0.25, 0.3) is 0 Å². The molecule has 1 N–H and O–H groups in total. The van der Waals surface area contributed by atoms with Crippen LogP contribution in [0, 0.1) is 5.92 Å². The summed E-state index contributed by atoms with van der Waals surface area (Å²) in [5, 5.41) is 3.27. The first kappa shape index (κ1) is 6.75. The summed E-state index contributed by atoms with van der Waals surface area (Å²) in [4.78, 5) is 10.4. The van der Waals surface area contributed by atoms with E-state index in [1.807, 2.05) is 0 Å². The van der Waals surface area contributed by atoms with Gasteiger partial charge in [0.15, 0.2) is 0 Å². The lowest BCUT2D eigenvalue weighted by Gasteiger charge is -2.21. The molecule has 0 aromatic heterocycles. The van der Waals surface area contributed by atoms with Crippen LogP contribution in [-0.4, -0.2) is 18.4 Å². The van der Waals surface area contributed by atoms with Crippen molar-refractivity contribution in [3.05, 3.63) is 0 Å². The Bertz CT molecular complexity index is 120. The standard InChI is InChI=1S/C7H13NO/c1-7(2)6(5-9)3-4-8-7/h5-6,8H,3-4H2,1-2H3. The van der Waals surface area contributed by atoms with Gasteiger partial charge in [-0.1, -0.05) is 0 Å². The molecule has 1 unspecified atom stereocenters. The molecule has 52 valence electrons. The predicted octanol–water partition coefficient (Wildman–Crippen LogP) is 0.573. The summed E-state index contributed by atoms with van der Waals surface area (Å²) in [5.41, 5.74) is 0.0434. The van der Waals surface area contributed by atoms with Gasteiger partial charge in [0.1, 0.15) is 6.29 Å². The molecular formula is C7H13NO. The first-order valence-corrected chi connectivity index (χ1v) is 3.37. The normalized spacial score (nSPS) is 32.4. The van der Waals surface area contributed by atoms with E-state index in [-0.39, 0.29) is 11.5 Å². The van der Waals surface area contributed by atoms with Crippen molar-refractivity contribution in [2.45, 2.75) is 25.8 Å². The van der Waals surface area contributed by atoms with E-state index in [2.05, 4.69) is 19.2 Å². The summed E-state index contributed by atoms with van der Waals surface area (Å²) in [6.07, 6.45) is 2.05. The molecule has 9 heavy (non-hydrogen) atoms. The van der Waals surface area contributed by atoms with Crippen molar-refractivity contribution in [1.82, 2.24) is 5.32 Å². The molecule has 0 aliphatic carbocycles. The molecule has 1 atom stereocenters. The molecule has 1 aliphatic rings. The zero-order valence-corrected chi connectivity index (χ0v) is 5.98. The Morgan fingerprint density at radius 2 is 2.33 bits per heavy atom. The highest BCUT2D eigenvalue weighted by Gasteiger charge is 2.33. The Balaban J connectivity index is 2.62. The second-order valence-electron chi connectivity index (χ2n) is 3.18. The smallest absolute Gasteiger partial charge is 0.124 e.